The van der Waals surface area contributed by atoms with Crippen molar-refractivity contribution in [1.82, 2.24) is 0 Å². The van der Waals surface area contributed by atoms with Gasteiger partial charge in [-0.3, -0.25) is 0 Å². The van der Waals surface area contributed by atoms with Crippen molar-refractivity contribution in [2.75, 3.05) is 12.9 Å². The average Bonchev–Trinajstić information content (AvgIpc) is 2.43. The van der Waals surface area contributed by atoms with Crippen LogP contribution in [0.5, 0.6) is 0 Å². The highest BCUT2D eigenvalue weighted by molar-refractivity contribution is 7.99. The Balaban J connectivity index is 3.05. The minimum Gasteiger partial charge on any atom is -0.465 e. The van der Waals surface area contributed by atoms with Crippen molar-refractivity contribution in [3.8, 4) is 0 Å². The molecule has 0 bridgehead atoms. The van der Waals surface area contributed by atoms with Crippen molar-refractivity contribution < 1.29 is 9.53 Å². The molecule has 0 radical (unpaired) electrons. The fraction of sp³-hybridized carbons (Fsp3) is 0.500. The maximum atomic E-state index is 12.0. The van der Waals surface area contributed by atoms with E-state index in [-0.39, 0.29) is 5.97 Å². The van der Waals surface area contributed by atoms with Gasteiger partial charge < -0.3 is 4.74 Å². The van der Waals surface area contributed by atoms with Crippen LogP contribution in [0.15, 0.2) is 34.7 Å². The van der Waals surface area contributed by atoms with Gasteiger partial charge in [-0.1, -0.05) is 43.4 Å². The molecule has 0 spiro atoms. The molecule has 0 heterocycles. The van der Waals surface area contributed by atoms with Gasteiger partial charge in [0.1, 0.15) is 0 Å². The number of carbonyl (C=O) groups excluding carboxylic acids is 1. The second kappa shape index (κ2) is 8.58. The molecule has 22 heavy (non-hydrogen) atoms. The molecule has 0 atom stereocenters. The van der Waals surface area contributed by atoms with Crippen molar-refractivity contribution in [2.24, 2.45) is 0 Å². The molecule has 0 amide bonds. The van der Waals surface area contributed by atoms with Crippen molar-refractivity contribution >= 4 is 25.8 Å². The number of allylic oxidation sites excluding steroid dienone is 2. The van der Waals surface area contributed by atoms with E-state index < -0.39 is 8.07 Å². The van der Waals surface area contributed by atoms with Gasteiger partial charge in [0.2, 0.25) is 0 Å². The Hall–Kier alpha value is -1.00. The summed E-state index contributed by atoms with van der Waals surface area (Å²) in [5, 5.41) is 0. The summed E-state index contributed by atoms with van der Waals surface area (Å²) >= 11 is 1.80. The quantitative estimate of drug-likeness (QED) is 0.288. The van der Waals surface area contributed by atoms with Gasteiger partial charge in [0.25, 0.3) is 0 Å². The van der Waals surface area contributed by atoms with E-state index in [0.717, 1.165) is 17.1 Å². The number of hydrogen-bond acceptors (Lipinski definition) is 3. The number of methoxy groups -OCH3 is 1. The zero-order valence-corrected chi connectivity index (χ0v) is 16.5. The van der Waals surface area contributed by atoms with Crippen molar-refractivity contribution in [3.05, 3.63) is 41.0 Å². The third-order valence-electron chi connectivity index (χ3n) is 3.33. The summed E-state index contributed by atoms with van der Waals surface area (Å²) in [6.45, 7) is 11.3. The third-order valence-corrected chi connectivity index (χ3v) is 6.62. The number of thioether (sulfide) groups is 1. The molecule has 0 unspecified atom stereocenters. The van der Waals surface area contributed by atoms with Gasteiger partial charge in [-0.25, -0.2) is 4.79 Å². The van der Waals surface area contributed by atoms with Crippen LogP contribution in [0.4, 0.5) is 0 Å². The molecule has 0 aliphatic rings. The van der Waals surface area contributed by atoms with Gasteiger partial charge in [0, 0.05) is 13.0 Å². The van der Waals surface area contributed by atoms with Crippen LogP contribution in [0.2, 0.25) is 25.7 Å². The molecular formula is C18H28O2SSi. The van der Waals surface area contributed by atoms with Gasteiger partial charge in [-0.15, -0.1) is 11.8 Å². The third kappa shape index (κ3) is 6.40. The number of ether oxygens (including phenoxy) is 1. The average molecular weight is 337 g/mol. The van der Waals surface area contributed by atoms with Gasteiger partial charge in [0.15, 0.2) is 0 Å². The second-order valence-corrected chi connectivity index (χ2v) is 13.7. The summed E-state index contributed by atoms with van der Waals surface area (Å²) in [6, 6.07) is 7.18. The molecular weight excluding hydrogens is 308 g/mol. The van der Waals surface area contributed by atoms with Crippen LogP contribution in [-0.4, -0.2) is 26.9 Å². The molecule has 0 saturated heterocycles. The molecule has 0 N–H and O–H groups in total. The van der Waals surface area contributed by atoms with E-state index in [4.69, 9.17) is 4.74 Å². The topological polar surface area (TPSA) is 26.3 Å². The first-order valence-electron chi connectivity index (χ1n) is 7.71. The second-order valence-electron chi connectivity index (χ2n) is 6.93. The van der Waals surface area contributed by atoms with Gasteiger partial charge in [0.05, 0.1) is 12.7 Å². The summed E-state index contributed by atoms with van der Waals surface area (Å²) in [5.41, 5.74) is 3.20. The van der Waals surface area contributed by atoms with E-state index >= 15 is 0 Å². The Bertz CT molecular complexity index is 541. The number of benzene rings is 1. The fourth-order valence-electron chi connectivity index (χ4n) is 1.96. The van der Waals surface area contributed by atoms with Crippen molar-refractivity contribution in [2.45, 2.75) is 50.8 Å². The van der Waals surface area contributed by atoms with E-state index in [2.05, 4.69) is 45.6 Å². The zero-order valence-electron chi connectivity index (χ0n) is 14.7. The molecule has 122 valence electrons. The highest BCUT2D eigenvalue weighted by Crippen LogP contribution is 2.30. The minimum absolute atomic E-state index is 0.241. The van der Waals surface area contributed by atoms with Crippen LogP contribution in [0.1, 0.15) is 29.8 Å². The molecule has 0 saturated carbocycles. The Morgan fingerprint density at radius 3 is 2.50 bits per heavy atom. The number of carbonyl (C=O) groups is 1. The van der Waals surface area contributed by atoms with E-state index in [1.165, 1.54) is 24.3 Å². The highest BCUT2D eigenvalue weighted by Gasteiger charge is 2.17. The van der Waals surface area contributed by atoms with Crippen LogP contribution in [-0.2, 0) is 11.2 Å². The van der Waals surface area contributed by atoms with E-state index in [1.54, 1.807) is 11.8 Å². The molecule has 0 aromatic heterocycles. The standard InChI is InChI=1S/C18H28O2SSi/c1-14(2)10-11-15-8-7-9-16(18(19)20-3)17(15)21-12-13-22(4,5)6/h7-10H,11-13H2,1-6H3. The van der Waals surface area contributed by atoms with Crippen LogP contribution >= 0.6 is 11.8 Å². The number of esters is 1. The van der Waals surface area contributed by atoms with Crippen LogP contribution in [0.3, 0.4) is 0 Å². The molecule has 0 fully saturated rings. The lowest BCUT2D eigenvalue weighted by Crippen LogP contribution is -2.20. The van der Waals surface area contributed by atoms with Crippen LogP contribution < -0.4 is 0 Å². The number of rotatable bonds is 7. The van der Waals surface area contributed by atoms with Gasteiger partial charge in [-0.2, -0.15) is 0 Å². The van der Waals surface area contributed by atoms with E-state index in [0.29, 0.717) is 5.56 Å². The van der Waals surface area contributed by atoms with Crippen molar-refractivity contribution in [1.29, 1.82) is 0 Å². The Kier molecular flexibility index (Phi) is 7.43. The van der Waals surface area contributed by atoms with Gasteiger partial charge >= 0.3 is 5.97 Å². The predicted octanol–water partition coefficient (Wildman–Crippen LogP) is 5.41. The summed E-state index contributed by atoms with van der Waals surface area (Å²) in [4.78, 5) is 13.1. The molecule has 0 aliphatic carbocycles. The highest BCUT2D eigenvalue weighted by atomic mass is 32.2. The number of hydrogen-bond donors (Lipinski definition) is 0. The maximum Gasteiger partial charge on any atom is 0.339 e. The molecule has 2 nitrogen and oxygen atoms in total. The summed E-state index contributed by atoms with van der Waals surface area (Å²) in [6.07, 6.45) is 3.07. The molecule has 4 heteroatoms. The lowest BCUT2D eigenvalue weighted by Gasteiger charge is -2.17. The predicted molar refractivity (Wildman–Crippen MR) is 99.8 cm³/mol. The van der Waals surface area contributed by atoms with E-state index in [1.807, 2.05) is 12.1 Å². The van der Waals surface area contributed by atoms with Crippen molar-refractivity contribution in [3.63, 3.8) is 0 Å². The molecule has 1 aromatic carbocycles. The Labute approximate surface area is 140 Å². The minimum atomic E-state index is -1.07. The lowest BCUT2D eigenvalue weighted by molar-refractivity contribution is 0.0596. The largest absolute Gasteiger partial charge is 0.465 e. The monoisotopic (exact) mass is 336 g/mol. The lowest BCUT2D eigenvalue weighted by atomic mass is 10.1. The SMILES string of the molecule is COC(=O)c1cccc(CC=C(C)C)c1SCC[Si](C)(C)C. The summed E-state index contributed by atoms with van der Waals surface area (Å²) in [7, 11) is 0.379. The maximum absolute atomic E-state index is 12.0. The first kappa shape index (κ1) is 19.0. The molecule has 0 aliphatic heterocycles. The Morgan fingerprint density at radius 2 is 1.95 bits per heavy atom. The first-order valence-corrected chi connectivity index (χ1v) is 12.4. The normalized spacial score (nSPS) is 11.2. The van der Waals surface area contributed by atoms with E-state index in [9.17, 15) is 4.79 Å². The Morgan fingerprint density at radius 1 is 1.27 bits per heavy atom. The summed E-state index contributed by atoms with van der Waals surface area (Å²) in [5.74, 6) is 0.820. The van der Waals surface area contributed by atoms with Crippen LogP contribution in [0, 0.1) is 0 Å². The smallest absolute Gasteiger partial charge is 0.339 e. The fourth-order valence-corrected chi connectivity index (χ4v) is 5.67. The first-order chi connectivity index (χ1) is 10.2. The van der Waals surface area contributed by atoms with Crippen LogP contribution in [0.25, 0.3) is 0 Å². The summed E-state index contributed by atoms with van der Waals surface area (Å²) < 4.78 is 4.95. The molecule has 1 rings (SSSR count). The van der Waals surface area contributed by atoms with Gasteiger partial charge in [-0.05, 0) is 43.7 Å². The zero-order chi connectivity index (χ0) is 16.8. The molecule has 1 aromatic rings.